The Morgan fingerprint density at radius 1 is 1.00 bits per heavy atom. The van der Waals surface area contributed by atoms with Crippen LogP contribution in [0.3, 0.4) is 0 Å². The molecule has 0 radical (unpaired) electrons. The topological polar surface area (TPSA) is 75.7 Å². The highest BCUT2D eigenvalue weighted by Crippen LogP contribution is 2.39. The van der Waals surface area contributed by atoms with E-state index in [1.807, 2.05) is 25.1 Å². The summed E-state index contributed by atoms with van der Waals surface area (Å²) < 4.78 is 33.8. The van der Waals surface area contributed by atoms with Gasteiger partial charge in [0.2, 0.25) is 0 Å². The van der Waals surface area contributed by atoms with Gasteiger partial charge in [0.1, 0.15) is 10.6 Å². The van der Waals surface area contributed by atoms with Crippen molar-refractivity contribution in [1.29, 1.82) is 0 Å². The van der Waals surface area contributed by atoms with Gasteiger partial charge in [0.25, 0.3) is 15.9 Å². The Morgan fingerprint density at radius 2 is 1.72 bits per heavy atom. The van der Waals surface area contributed by atoms with Gasteiger partial charge < -0.3 is 9.64 Å². The summed E-state index contributed by atoms with van der Waals surface area (Å²) in [5.74, 6) is 0.649. The smallest absolute Gasteiger partial charge is 0.263 e. The lowest BCUT2D eigenvalue weighted by Crippen LogP contribution is -2.29. The van der Waals surface area contributed by atoms with Gasteiger partial charge >= 0.3 is 0 Å². The average Bonchev–Trinajstić information content (AvgIpc) is 2.82. The van der Waals surface area contributed by atoms with E-state index >= 15 is 0 Å². The third-order valence-electron chi connectivity index (χ3n) is 4.53. The van der Waals surface area contributed by atoms with E-state index in [4.69, 9.17) is 16.3 Å². The molecule has 3 aromatic rings. The number of halogens is 1. The number of benzene rings is 3. The number of anilines is 2. The number of para-hydroxylation sites is 2. The average molecular weight is 429 g/mol. The van der Waals surface area contributed by atoms with E-state index in [9.17, 15) is 13.2 Å². The largest absolute Gasteiger partial charge is 0.454 e. The number of carbonyl (C=O) groups excluding carboxylic acids is 1. The van der Waals surface area contributed by atoms with Gasteiger partial charge in [-0.1, -0.05) is 35.9 Å². The van der Waals surface area contributed by atoms with Crippen LogP contribution >= 0.6 is 11.6 Å². The molecule has 29 heavy (non-hydrogen) atoms. The summed E-state index contributed by atoms with van der Waals surface area (Å²) in [6.45, 7) is 2.30. The molecule has 0 aromatic heterocycles. The van der Waals surface area contributed by atoms with Crippen molar-refractivity contribution < 1.29 is 17.9 Å². The maximum atomic E-state index is 13.1. The molecule has 0 spiro atoms. The molecule has 0 bridgehead atoms. The van der Waals surface area contributed by atoms with Crippen molar-refractivity contribution in [2.24, 2.45) is 0 Å². The summed E-state index contributed by atoms with van der Waals surface area (Å²) in [6, 6.07) is 18.0. The number of sulfonamides is 1. The van der Waals surface area contributed by atoms with E-state index in [2.05, 4.69) is 4.72 Å². The predicted molar refractivity (Wildman–Crippen MR) is 113 cm³/mol. The van der Waals surface area contributed by atoms with Crippen molar-refractivity contribution in [3.63, 3.8) is 0 Å². The molecule has 0 saturated carbocycles. The molecule has 0 fully saturated rings. The molecular weight excluding hydrogens is 412 g/mol. The maximum absolute atomic E-state index is 13.1. The number of nitrogens with one attached hydrogen (secondary N) is 1. The molecule has 1 amide bonds. The molecule has 1 heterocycles. The van der Waals surface area contributed by atoms with Crippen LogP contribution < -0.4 is 14.4 Å². The lowest BCUT2D eigenvalue weighted by Gasteiger charge is -2.20. The first-order valence-electron chi connectivity index (χ1n) is 8.91. The Bertz CT molecular complexity index is 1210. The molecule has 8 heteroatoms. The van der Waals surface area contributed by atoms with Crippen LogP contribution in [-0.2, 0) is 10.0 Å². The summed E-state index contributed by atoms with van der Waals surface area (Å²) in [6.07, 6.45) is 0. The second-order valence-electron chi connectivity index (χ2n) is 6.37. The zero-order valence-corrected chi connectivity index (χ0v) is 17.0. The number of ether oxygens (including phenoxy) is 1. The molecule has 0 aliphatic carbocycles. The third kappa shape index (κ3) is 3.54. The Hall–Kier alpha value is -3.03. The maximum Gasteiger partial charge on any atom is 0.263 e. The van der Waals surface area contributed by atoms with E-state index in [0.717, 1.165) is 0 Å². The van der Waals surface area contributed by atoms with Crippen molar-refractivity contribution in [2.75, 3.05) is 16.2 Å². The minimum atomic E-state index is -3.92. The van der Waals surface area contributed by atoms with Gasteiger partial charge in [-0.05, 0) is 49.4 Å². The van der Waals surface area contributed by atoms with Crippen LogP contribution in [0, 0.1) is 0 Å². The molecular formula is C21H17ClN2O4S. The van der Waals surface area contributed by atoms with Crippen molar-refractivity contribution in [3.05, 3.63) is 77.3 Å². The van der Waals surface area contributed by atoms with Gasteiger partial charge in [-0.15, -0.1) is 0 Å². The first-order chi connectivity index (χ1) is 13.9. The van der Waals surface area contributed by atoms with Crippen LogP contribution in [0.15, 0.2) is 71.6 Å². The highest BCUT2D eigenvalue weighted by Gasteiger charge is 2.28. The van der Waals surface area contributed by atoms with E-state index in [1.165, 1.54) is 18.2 Å². The molecule has 1 aliphatic heterocycles. The summed E-state index contributed by atoms with van der Waals surface area (Å²) in [7, 11) is -3.92. The number of hydrogen-bond acceptors (Lipinski definition) is 4. The van der Waals surface area contributed by atoms with E-state index in [-0.39, 0.29) is 27.1 Å². The van der Waals surface area contributed by atoms with E-state index in [0.29, 0.717) is 23.7 Å². The van der Waals surface area contributed by atoms with E-state index in [1.54, 1.807) is 35.2 Å². The lowest BCUT2D eigenvalue weighted by molar-refractivity contribution is 0.0988. The van der Waals surface area contributed by atoms with Crippen LogP contribution in [0.25, 0.3) is 0 Å². The van der Waals surface area contributed by atoms with Crippen LogP contribution in [0.1, 0.15) is 17.3 Å². The summed E-state index contributed by atoms with van der Waals surface area (Å²) >= 11 is 6.02. The molecule has 0 unspecified atom stereocenters. The van der Waals surface area contributed by atoms with Gasteiger partial charge in [0, 0.05) is 12.2 Å². The summed E-state index contributed by atoms with van der Waals surface area (Å²) in [5, 5.41) is 0.113. The first kappa shape index (κ1) is 19.3. The number of nitrogens with zero attached hydrogens (tertiary/aromatic N) is 1. The van der Waals surface area contributed by atoms with Crippen LogP contribution in [0.2, 0.25) is 5.02 Å². The van der Waals surface area contributed by atoms with Gasteiger partial charge in [-0.3, -0.25) is 9.52 Å². The fourth-order valence-electron chi connectivity index (χ4n) is 3.18. The molecule has 1 N–H and O–H groups in total. The normalized spacial score (nSPS) is 13.2. The summed E-state index contributed by atoms with van der Waals surface area (Å²) in [4.78, 5) is 14.7. The standard InChI is InChI=1S/C21H17ClN2O4S/c1-2-24-17-8-4-5-9-19(17)28-18-12-11-14(13-15(18)21(24)25)23-29(26,27)20-10-6-3-7-16(20)22/h3-13,23H,2H2,1H3. The third-order valence-corrected chi connectivity index (χ3v) is 6.41. The zero-order chi connectivity index (χ0) is 20.6. The van der Waals surface area contributed by atoms with Crippen LogP contribution in [0.4, 0.5) is 11.4 Å². The Labute approximate surface area is 173 Å². The number of fused-ring (bicyclic) bond motifs is 2. The van der Waals surface area contributed by atoms with Crippen molar-refractivity contribution >= 4 is 38.9 Å². The number of hydrogen-bond donors (Lipinski definition) is 1. The molecule has 1 aliphatic rings. The zero-order valence-electron chi connectivity index (χ0n) is 15.4. The van der Waals surface area contributed by atoms with Crippen LogP contribution in [-0.4, -0.2) is 20.9 Å². The Balaban J connectivity index is 1.74. The highest BCUT2D eigenvalue weighted by atomic mass is 35.5. The quantitative estimate of drug-likeness (QED) is 0.640. The molecule has 6 nitrogen and oxygen atoms in total. The minimum absolute atomic E-state index is 0.0400. The fraction of sp³-hybridized carbons (Fsp3) is 0.0952. The minimum Gasteiger partial charge on any atom is -0.454 e. The number of amides is 1. The Morgan fingerprint density at radius 3 is 2.48 bits per heavy atom. The lowest BCUT2D eigenvalue weighted by atomic mass is 10.1. The van der Waals surface area contributed by atoms with Crippen molar-refractivity contribution in [3.8, 4) is 11.5 Å². The van der Waals surface area contributed by atoms with E-state index < -0.39 is 10.0 Å². The second-order valence-corrected chi connectivity index (χ2v) is 8.42. The van der Waals surface area contributed by atoms with Crippen molar-refractivity contribution in [1.82, 2.24) is 0 Å². The van der Waals surface area contributed by atoms with Gasteiger partial charge in [0.15, 0.2) is 5.75 Å². The molecule has 0 saturated heterocycles. The predicted octanol–water partition coefficient (Wildman–Crippen LogP) is 4.91. The number of rotatable bonds is 4. The highest BCUT2D eigenvalue weighted by molar-refractivity contribution is 7.92. The Kier molecular flexibility index (Phi) is 4.94. The van der Waals surface area contributed by atoms with Crippen LogP contribution in [0.5, 0.6) is 11.5 Å². The van der Waals surface area contributed by atoms with Gasteiger partial charge in [-0.25, -0.2) is 8.42 Å². The monoisotopic (exact) mass is 428 g/mol. The second kappa shape index (κ2) is 7.42. The molecule has 3 aromatic carbocycles. The van der Waals surface area contributed by atoms with Crippen molar-refractivity contribution in [2.45, 2.75) is 11.8 Å². The van der Waals surface area contributed by atoms with Gasteiger partial charge in [-0.2, -0.15) is 0 Å². The SMILES string of the molecule is CCN1C(=O)c2cc(NS(=O)(=O)c3ccccc3Cl)ccc2Oc2ccccc21. The fourth-order valence-corrected chi connectivity index (χ4v) is 4.75. The molecule has 4 rings (SSSR count). The summed E-state index contributed by atoms with van der Waals surface area (Å²) in [5.41, 5.74) is 1.17. The number of carbonyl (C=O) groups is 1. The first-order valence-corrected chi connectivity index (χ1v) is 10.8. The molecule has 0 atom stereocenters. The van der Waals surface area contributed by atoms with Gasteiger partial charge in [0.05, 0.1) is 16.3 Å². The molecule has 148 valence electrons.